The number of nitrogens with zero attached hydrogens (tertiary/aromatic N) is 1. The summed E-state index contributed by atoms with van der Waals surface area (Å²) in [7, 11) is 0. The van der Waals surface area contributed by atoms with Gasteiger partial charge < -0.3 is 10.6 Å². The van der Waals surface area contributed by atoms with E-state index in [0.717, 1.165) is 19.5 Å². The lowest BCUT2D eigenvalue weighted by atomic mass is 9.79. The van der Waals surface area contributed by atoms with E-state index in [1.807, 2.05) is 4.90 Å². The smallest absolute Gasteiger partial charge is 0.226 e. The zero-order chi connectivity index (χ0) is 13.9. The zero-order valence-electron chi connectivity index (χ0n) is 13.1. The predicted octanol–water partition coefficient (Wildman–Crippen LogP) is 2.68. The molecule has 3 nitrogen and oxygen atoms in total. The van der Waals surface area contributed by atoms with Gasteiger partial charge in [-0.1, -0.05) is 41.5 Å². The van der Waals surface area contributed by atoms with Crippen molar-refractivity contribution in [3.63, 3.8) is 0 Å². The van der Waals surface area contributed by atoms with E-state index in [9.17, 15) is 4.79 Å². The number of halogens is 1. The number of carbonyl (C=O) groups is 1. The number of likely N-dealkylation sites (tertiary alicyclic amines) is 1. The molecular formula is C15H29ClN2O. The number of hydrogen-bond donors (Lipinski definition) is 1. The van der Waals surface area contributed by atoms with Crippen LogP contribution in [0, 0.1) is 22.2 Å². The highest BCUT2D eigenvalue weighted by Gasteiger charge is 2.69. The third-order valence-corrected chi connectivity index (χ3v) is 5.89. The standard InChI is InChI=1S/C15H28N2O.ClH/c1-13(2)9-17(8-7-10(13)16)12(18)11-14(3,4)15(11,5)6;/h10-11H,7-9,16H2,1-6H3;1H. The number of nitrogens with two attached hydrogens (primary N) is 1. The molecule has 2 aliphatic rings. The van der Waals surface area contributed by atoms with Crippen LogP contribution in [0.5, 0.6) is 0 Å². The summed E-state index contributed by atoms with van der Waals surface area (Å²) in [5.74, 6) is 0.514. The minimum Gasteiger partial charge on any atom is -0.342 e. The highest BCUT2D eigenvalue weighted by Crippen LogP contribution is 2.68. The normalized spacial score (nSPS) is 31.5. The maximum atomic E-state index is 12.7. The maximum absolute atomic E-state index is 12.7. The molecule has 0 radical (unpaired) electrons. The molecule has 1 aliphatic carbocycles. The summed E-state index contributed by atoms with van der Waals surface area (Å²) in [4.78, 5) is 14.7. The number of amides is 1. The lowest BCUT2D eigenvalue weighted by Crippen LogP contribution is -2.54. The average Bonchev–Trinajstić information content (AvgIpc) is 2.61. The molecule has 112 valence electrons. The molecule has 0 aromatic rings. The molecule has 0 bridgehead atoms. The third kappa shape index (κ3) is 2.40. The fraction of sp³-hybridized carbons (Fsp3) is 0.933. The van der Waals surface area contributed by atoms with Crippen molar-refractivity contribution in [3.8, 4) is 0 Å². The predicted molar refractivity (Wildman–Crippen MR) is 81.3 cm³/mol. The second-order valence-corrected chi connectivity index (χ2v) is 8.02. The summed E-state index contributed by atoms with van der Waals surface area (Å²) in [5.41, 5.74) is 6.44. The summed E-state index contributed by atoms with van der Waals surface area (Å²) in [5, 5.41) is 0. The van der Waals surface area contributed by atoms with Crippen molar-refractivity contribution in [2.45, 2.75) is 54.0 Å². The van der Waals surface area contributed by atoms with Crippen molar-refractivity contribution in [2.75, 3.05) is 13.1 Å². The quantitative estimate of drug-likeness (QED) is 0.806. The van der Waals surface area contributed by atoms with Crippen LogP contribution in [0.1, 0.15) is 48.0 Å². The van der Waals surface area contributed by atoms with E-state index in [0.29, 0.717) is 5.91 Å². The first kappa shape index (κ1) is 16.8. The Bertz CT molecular complexity index is 362. The summed E-state index contributed by atoms with van der Waals surface area (Å²) >= 11 is 0. The van der Waals surface area contributed by atoms with Crippen LogP contribution in [0.4, 0.5) is 0 Å². The molecule has 0 aromatic heterocycles. The van der Waals surface area contributed by atoms with E-state index >= 15 is 0 Å². The van der Waals surface area contributed by atoms with Gasteiger partial charge in [-0.3, -0.25) is 4.79 Å². The summed E-state index contributed by atoms with van der Waals surface area (Å²) in [6.45, 7) is 14.8. The lowest BCUT2D eigenvalue weighted by Gasteiger charge is -2.43. The van der Waals surface area contributed by atoms with Gasteiger partial charge in [0.25, 0.3) is 0 Å². The van der Waals surface area contributed by atoms with Gasteiger partial charge in [0.05, 0.1) is 0 Å². The molecule has 1 saturated heterocycles. The van der Waals surface area contributed by atoms with Gasteiger partial charge in [0.15, 0.2) is 0 Å². The van der Waals surface area contributed by atoms with Gasteiger partial charge in [-0.05, 0) is 22.7 Å². The van der Waals surface area contributed by atoms with Crippen LogP contribution in [0.2, 0.25) is 0 Å². The van der Waals surface area contributed by atoms with Gasteiger partial charge in [-0.2, -0.15) is 0 Å². The SMILES string of the molecule is CC1(C)CN(C(=O)C2C(C)(C)C2(C)C)CCC1N.Cl. The van der Waals surface area contributed by atoms with Crippen molar-refractivity contribution in [2.24, 2.45) is 27.9 Å². The van der Waals surface area contributed by atoms with E-state index in [4.69, 9.17) is 5.73 Å². The van der Waals surface area contributed by atoms with Crippen molar-refractivity contribution in [3.05, 3.63) is 0 Å². The molecule has 0 spiro atoms. The fourth-order valence-electron chi connectivity index (χ4n) is 3.56. The van der Waals surface area contributed by atoms with Crippen LogP contribution < -0.4 is 5.73 Å². The second kappa shape index (κ2) is 4.63. The average molecular weight is 289 g/mol. The lowest BCUT2D eigenvalue weighted by molar-refractivity contribution is -0.137. The van der Waals surface area contributed by atoms with E-state index in [2.05, 4.69) is 41.5 Å². The summed E-state index contributed by atoms with van der Waals surface area (Å²) < 4.78 is 0. The van der Waals surface area contributed by atoms with Gasteiger partial charge in [-0.25, -0.2) is 0 Å². The Kier molecular flexibility index (Phi) is 4.08. The van der Waals surface area contributed by atoms with E-state index in [-0.39, 0.29) is 40.6 Å². The van der Waals surface area contributed by atoms with E-state index in [1.54, 1.807) is 0 Å². The molecule has 19 heavy (non-hydrogen) atoms. The van der Waals surface area contributed by atoms with Crippen LogP contribution in [0.25, 0.3) is 0 Å². The second-order valence-electron chi connectivity index (χ2n) is 8.02. The van der Waals surface area contributed by atoms with Crippen molar-refractivity contribution < 1.29 is 4.79 Å². The summed E-state index contributed by atoms with van der Waals surface area (Å²) in [6, 6.07) is 0.210. The number of carbonyl (C=O) groups excluding carboxylic acids is 1. The van der Waals surface area contributed by atoms with Crippen molar-refractivity contribution >= 4 is 18.3 Å². The zero-order valence-corrected chi connectivity index (χ0v) is 13.9. The molecule has 1 aliphatic heterocycles. The Morgan fingerprint density at radius 2 is 1.58 bits per heavy atom. The van der Waals surface area contributed by atoms with Crippen LogP contribution in [-0.2, 0) is 4.79 Å². The van der Waals surface area contributed by atoms with Crippen LogP contribution in [-0.4, -0.2) is 29.9 Å². The summed E-state index contributed by atoms with van der Waals surface area (Å²) in [6.07, 6.45) is 0.923. The first-order chi connectivity index (χ1) is 8.02. The van der Waals surface area contributed by atoms with Crippen molar-refractivity contribution in [1.82, 2.24) is 4.90 Å². The molecule has 2 rings (SSSR count). The largest absolute Gasteiger partial charge is 0.342 e. The Morgan fingerprint density at radius 1 is 1.11 bits per heavy atom. The van der Waals surface area contributed by atoms with E-state index < -0.39 is 0 Å². The topological polar surface area (TPSA) is 46.3 Å². The molecule has 1 unspecified atom stereocenters. The highest BCUT2D eigenvalue weighted by atomic mass is 35.5. The molecular weight excluding hydrogens is 260 g/mol. The number of piperidine rings is 1. The number of hydrogen-bond acceptors (Lipinski definition) is 2. The maximum Gasteiger partial charge on any atom is 0.226 e. The van der Waals surface area contributed by atoms with Gasteiger partial charge >= 0.3 is 0 Å². The van der Waals surface area contributed by atoms with Crippen LogP contribution in [0.15, 0.2) is 0 Å². The Labute approximate surface area is 123 Å². The first-order valence-electron chi connectivity index (χ1n) is 7.06. The number of rotatable bonds is 1. The van der Waals surface area contributed by atoms with Gasteiger partial charge in [0.2, 0.25) is 5.91 Å². The molecule has 4 heteroatoms. The molecule has 0 aromatic carbocycles. The van der Waals surface area contributed by atoms with Gasteiger partial charge in [0.1, 0.15) is 0 Å². The molecule has 2 fully saturated rings. The van der Waals surface area contributed by atoms with Crippen LogP contribution >= 0.6 is 12.4 Å². The minimum atomic E-state index is 0. The molecule has 1 heterocycles. The molecule has 1 amide bonds. The van der Waals surface area contributed by atoms with Crippen LogP contribution in [0.3, 0.4) is 0 Å². The van der Waals surface area contributed by atoms with Gasteiger partial charge in [-0.15, -0.1) is 12.4 Å². The first-order valence-corrected chi connectivity index (χ1v) is 7.06. The van der Waals surface area contributed by atoms with Gasteiger partial charge in [0, 0.05) is 25.0 Å². The molecule has 1 atom stereocenters. The Hall–Kier alpha value is -0.280. The highest BCUT2D eigenvalue weighted by molar-refractivity contribution is 5.85. The monoisotopic (exact) mass is 288 g/mol. The Morgan fingerprint density at radius 3 is 1.95 bits per heavy atom. The molecule has 1 saturated carbocycles. The Balaban J connectivity index is 0.00000180. The third-order valence-electron chi connectivity index (χ3n) is 5.89. The minimum absolute atomic E-state index is 0. The fourth-order valence-corrected chi connectivity index (χ4v) is 3.56. The molecule has 2 N–H and O–H groups in total. The van der Waals surface area contributed by atoms with Crippen molar-refractivity contribution in [1.29, 1.82) is 0 Å². The van der Waals surface area contributed by atoms with E-state index in [1.165, 1.54) is 0 Å².